The number of carbonyl (C=O) groups is 1. The largest absolute Gasteiger partial charge is 0.338 e. The van der Waals surface area contributed by atoms with Crippen LogP contribution in [0.15, 0.2) is 27.1 Å². The number of alkyl halides is 1. The maximum absolute atomic E-state index is 12.1. The van der Waals surface area contributed by atoms with Crippen molar-refractivity contribution in [2.75, 3.05) is 12.4 Å². The lowest BCUT2D eigenvalue weighted by molar-refractivity contribution is 0.0758. The van der Waals surface area contributed by atoms with Crippen molar-refractivity contribution < 1.29 is 4.79 Å². The van der Waals surface area contributed by atoms with Crippen LogP contribution in [-0.2, 0) is 0 Å². The lowest BCUT2D eigenvalue weighted by Gasteiger charge is -2.23. The van der Waals surface area contributed by atoms with Crippen LogP contribution in [0.1, 0.15) is 17.3 Å². The van der Waals surface area contributed by atoms with Crippen LogP contribution in [0.4, 0.5) is 0 Å². The zero-order chi connectivity index (χ0) is 12.3. The van der Waals surface area contributed by atoms with Gasteiger partial charge in [-0.2, -0.15) is 0 Å². The first-order valence-electron chi connectivity index (χ1n) is 4.75. The quantitative estimate of drug-likeness (QED) is 0.684. The molecule has 1 aromatic rings. The fourth-order valence-electron chi connectivity index (χ4n) is 1.18. The molecule has 1 amide bonds. The Morgan fingerprint density at radius 1 is 1.31 bits per heavy atom. The third-order valence-electron chi connectivity index (χ3n) is 2.31. The maximum Gasteiger partial charge on any atom is 0.253 e. The van der Waals surface area contributed by atoms with Crippen molar-refractivity contribution in [1.29, 1.82) is 0 Å². The van der Waals surface area contributed by atoms with Gasteiger partial charge in [-0.1, -0.05) is 47.8 Å². The average Bonchev–Trinajstić information content (AvgIpc) is 2.24. The zero-order valence-electron chi connectivity index (χ0n) is 9.01. The summed E-state index contributed by atoms with van der Waals surface area (Å²) in [6.07, 6.45) is 0. The molecule has 1 atom stereocenters. The third-order valence-corrected chi connectivity index (χ3v) is 4.17. The number of halogens is 3. The molecule has 0 aliphatic rings. The molecule has 16 heavy (non-hydrogen) atoms. The Balaban J connectivity index is 2.96. The van der Waals surface area contributed by atoms with E-state index in [1.807, 2.05) is 32.2 Å². The summed E-state index contributed by atoms with van der Waals surface area (Å²) < 4.78 is 1.79. The zero-order valence-corrected chi connectivity index (χ0v) is 13.8. The van der Waals surface area contributed by atoms with Gasteiger partial charge in [-0.3, -0.25) is 4.79 Å². The summed E-state index contributed by atoms with van der Waals surface area (Å²) >= 11 is 10.1. The number of rotatable bonds is 3. The van der Waals surface area contributed by atoms with Crippen LogP contribution in [0.25, 0.3) is 0 Å². The Labute approximate surface area is 121 Å². The fraction of sp³-hybridized carbons (Fsp3) is 0.364. The SMILES string of the molecule is CC(CBr)N(C)C(=O)c1cc(Br)cc(Br)c1. The van der Waals surface area contributed by atoms with Gasteiger partial charge in [0.1, 0.15) is 0 Å². The van der Waals surface area contributed by atoms with Gasteiger partial charge in [0.05, 0.1) is 0 Å². The van der Waals surface area contributed by atoms with Gasteiger partial charge in [-0.15, -0.1) is 0 Å². The Morgan fingerprint density at radius 3 is 2.25 bits per heavy atom. The molecule has 0 fully saturated rings. The minimum absolute atomic E-state index is 0.0222. The van der Waals surface area contributed by atoms with E-state index in [0.717, 1.165) is 14.3 Å². The minimum atomic E-state index is 0.0222. The molecule has 0 bridgehead atoms. The second-order valence-corrected chi connectivity index (χ2v) is 6.06. The molecule has 0 aliphatic heterocycles. The monoisotopic (exact) mass is 411 g/mol. The van der Waals surface area contributed by atoms with Crippen LogP contribution in [0.2, 0.25) is 0 Å². The molecule has 5 heteroatoms. The molecule has 1 rings (SSSR count). The van der Waals surface area contributed by atoms with E-state index in [9.17, 15) is 4.79 Å². The number of amides is 1. The Bertz CT molecular complexity index is 375. The molecule has 0 radical (unpaired) electrons. The molecule has 2 nitrogen and oxygen atoms in total. The van der Waals surface area contributed by atoms with E-state index in [1.165, 1.54) is 0 Å². The summed E-state index contributed by atoms with van der Waals surface area (Å²) in [6.45, 7) is 2.00. The van der Waals surface area contributed by atoms with Crippen molar-refractivity contribution in [3.8, 4) is 0 Å². The molecule has 0 heterocycles. The van der Waals surface area contributed by atoms with Crippen molar-refractivity contribution in [2.24, 2.45) is 0 Å². The highest BCUT2D eigenvalue weighted by Crippen LogP contribution is 2.21. The maximum atomic E-state index is 12.1. The molecule has 88 valence electrons. The minimum Gasteiger partial charge on any atom is -0.338 e. The lowest BCUT2D eigenvalue weighted by Crippen LogP contribution is -2.36. The number of hydrogen-bond acceptors (Lipinski definition) is 1. The normalized spacial score (nSPS) is 12.3. The second kappa shape index (κ2) is 6.17. The van der Waals surface area contributed by atoms with E-state index in [1.54, 1.807) is 4.90 Å². The van der Waals surface area contributed by atoms with Crippen molar-refractivity contribution in [2.45, 2.75) is 13.0 Å². The molecule has 0 aromatic heterocycles. The predicted octanol–water partition coefficient (Wildman–Crippen LogP) is 4.07. The molecule has 0 saturated heterocycles. The second-order valence-electron chi connectivity index (χ2n) is 3.58. The average molecular weight is 414 g/mol. The highest BCUT2D eigenvalue weighted by atomic mass is 79.9. The van der Waals surface area contributed by atoms with Gasteiger partial charge in [0.2, 0.25) is 0 Å². The van der Waals surface area contributed by atoms with E-state index in [0.29, 0.717) is 5.56 Å². The number of benzene rings is 1. The lowest BCUT2D eigenvalue weighted by atomic mass is 10.2. The summed E-state index contributed by atoms with van der Waals surface area (Å²) in [6, 6.07) is 5.73. The van der Waals surface area contributed by atoms with E-state index >= 15 is 0 Å². The number of hydrogen-bond donors (Lipinski definition) is 0. The van der Waals surface area contributed by atoms with E-state index < -0.39 is 0 Å². The van der Waals surface area contributed by atoms with Crippen LogP contribution in [-0.4, -0.2) is 29.2 Å². The van der Waals surface area contributed by atoms with Gasteiger partial charge in [-0.25, -0.2) is 0 Å². The predicted molar refractivity (Wildman–Crippen MR) is 77.2 cm³/mol. The highest BCUT2D eigenvalue weighted by Gasteiger charge is 2.17. The summed E-state index contributed by atoms with van der Waals surface area (Å²) in [5, 5.41) is 0.768. The van der Waals surface area contributed by atoms with Gasteiger partial charge in [0, 0.05) is 32.9 Å². The summed E-state index contributed by atoms with van der Waals surface area (Å²) in [5.74, 6) is 0.0222. The standard InChI is InChI=1S/C11H12Br3NO/c1-7(6-12)15(2)11(16)8-3-9(13)5-10(14)4-8/h3-5,7H,6H2,1-2H3. The van der Waals surface area contributed by atoms with Gasteiger partial charge in [-0.05, 0) is 25.1 Å². The van der Waals surface area contributed by atoms with Gasteiger partial charge in [0.25, 0.3) is 5.91 Å². The Morgan fingerprint density at radius 2 is 1.81 bits per heavy atom. The van der Waals surface area contributed by atoms with Gasteiger partial charge < -0.3 is 4.90 Å². The third kappa shape index (κ3) is 3.57. The van der Waals surface area contributed by atoms with Crippen LogP contribution in [0, 0.1) is 0 Å². The summed E-state index contributed by atoms with van der Waals surface area (Å²) in [7, 11) is 1.81. The van der Waals surface area contributed by atoms with Crippen molar-refractivity contribution in [3.63, 3.8) is 0 Å². The number of nitrogens with zero attached hydrogens (tertiary/aromatic N) is 1. The first-order chi connectivity index (χ1) is 7.45. The van der Waals surface area contributed by atoms with E-state index in [2.05, 4.69) is 47.8 Å². The Kier molecular flexibility index (Phi) is 5.47. The van der Waals surface area contributed by atoms with Crippen molar-refractivity contribution in [1.82, 2.24) is 4.90 Å². The van der Waals surface area contributed by atoms with Crippen molar-refractivity contribution >= 4 is 53.7 Å². The Hall–Kier alpha value is 0.130. The molecular weight excluding hydrogens is 402 g/mol. The smallest absolute Gasteiger partial charge is 0.253 e. The van der Waals surface area contributed by atoms with Gasteiger partial charge in [0.15, 0.2) is 0 Å². The highest BCUT2D eigenvalue weighted by molar-refractivity contribution is 9.11. The van der Waals surface area contributed by atoms with Gasteiger partial charge >= 0.3 is 0 Å². The van der Waals surface area contributed by atoms with E-state index in [-0.39, 0.29) is 11.9 Å². The van der Waals surface area contributed by atoms with Crippen LogP contribution in [0.3, 0.4) is 0 Å². The van der Waals surface area contributed by atoms with Crippen LogP contribution < -0.4 is 0 Å². The van der Waals surface area contributed by atoms with Crippen molar-refractivity contribution in [3.05, 3.63) is 32.7 Å². The molecule has 1 aromatic carbocycles. The molecular formula is C11H12Br3NO. The molecule has 1 unspecified atom stereocenters. The van der Waals surface area contributed by atoms with E-state index in [4.69, 9.17) is 0 Å². The van der Waals surface area contributed by atoms with Crippen LogP contribution >= 0.6 is 47.8 Å². The molecule has 0 saturated carbocycles. The topological polar surface area (TPSA) is 20.3 Å². The van der Waals surface area contributed by atoms with Crippen LogP contribution in [0.5, 0.6) is 0 Å². The number of carbonyl (C=O) groups excluding carboxylic acids is 1. The molecule has 0 spiro atoms. The molecule has 0 N–H and O–H groups in total. The molecule has 0 aliphatic carbocycles. The first-order valence-corrected chi connectivity index (χ1v) is 7.45. The fourth-order valence-corrected chi connectivity index (χ4v) is 2.91. The summed E-state index contributed by atoms with van der Waals surface area (Å²) in [4.78, 5) is 13.8. The first kappa shape index (κ1) is 14.2. The summed E-state index contributed by atoms with van der Waals surface area (Å²) in [5.41, 5.74) is 0.677.